The minimum absolute atomic E-state index is 0.0532. The van der Waals surface area contributed by atoms with E-state index in [1.807, 2.05) is 0 Å². The smallest absolute Gasteiger partial charge is 0.406 e. The van der Waals surface area contributed by atoms with Crippen molar-refractivity contribution in [3.63, 3.8) is 0 Å². The molecule has 140 valence electrons. The molecule has 7 nitrogen and oxygen atoms in total. The standard InChI is InChI=1S/C16H15F3N2O5/c1-11-13(21(23)24)5-2-6-14(11)26-9-15(22)20(10-16(17,18)19)8-12-4-3-7-25-12/h2-7H,8-10H2,1H3. The first-order chi connectivity index (χ1) is 12.2. The zero-order chi connectivity index (χ0) is 19.3. The molecular formula is C16H15F3N2O5. The fourth-order valence-electron chi connectivity index (χ4n) is 2.23. The Morgan fingerprint density at radius 1 is 1.31 bits per heavy atom. The maximum absolute atomic E-state index is 12.7. The van der Waals surface area contributed by atoms with Gasteiger partial charge in [0.05, 0.1) is 23.3 Å². The number of halogens is 3. The van der Waals surface area contributed by atoms with Crippen LogP contribution in [0.1, 0.15) is 11.3 Å². The SMILES string of the molecule is Cc1c(OCC(=O)N(Cc2ccco2)CC(F)(F)F)cccc1[N+](=O)[O-]. The topological polar surface area (TPSA) is 85.8 Å². The van der Waals surface area contributed by atoms with Crippen LogP contribution in [0.4, 0.5) is 18.9 Å². The summed E-state index contributed by atoms with van der Waals surface area (Å²) in [6, 6.07) is 6.96. The van der Waals surface area contributed by atoms with Crippen LogP contribution in [0.15, 0.2) is 41.0 Å². The lowest BCUT2D eigenvalue weighted by Gasteiger charge is -2.23. The Morgan fingerprint density at radius 3 is 2.62 bits per heavy atom. The molecule has 0 atom stereocenters. The lowest BCUT2D eigenvalue weighted by Crippen LogP contribution is -2.40. The van der Waals surface area contributed by atoms with Crippen molar-refractivity contribution in [2.45, 2.75) is 19.6 Å². The second-order valence-electron chi connectivity index (χ2n) is 5.39. The Balaban J connectivity index is 2.09. The van der Waals surface area contributed by atoms with E-state index in [0.29, 0.717) is 4.90 Å². The van der Waals surface area contributed by atoms with Gasteiger partial charge in [-0.05, 0) is 25.1 Å². The summed E-state index contributed by atoms with van der Waals surface area (Å²) >= 11 is 0. The number of hydrogen-bond acceptors (Lipinski definition) is 5. The van der Waals surface area contributed by atoms with Crippen molar-refractivity contribution in [2.75, 3.05) is 13.2 Å². The van der Waals surface area contributed by atoms with Crippen molar-refractivity contribution in [1.82, 2.24) is 4.90 Å². The van der Waals surface area contributed by atoms with Gasteiger partial charge in [-0.15, -0.1) is 0 Å². The Bertz CT molecular complexity index is 775. The first-order valence-corrected chi connectivity index (χ1v) is 7.41. The number of nitro groups is 1. The molecule has 1 aromatic heterocycles. The number of carbonyl (C=O) groups is 1. The predicted molar refractivity (Wildman–Crippen MR) is 83.5 cm³/mol. The molecule has 0 fully saturated rings. The van der Waals surface area contributed by atoms with Gasteiger partial charge in [0.2, 0.25) is 0 Å². The van der Waals surface area contributed by atoms with Crippen molar-refractivity contribution in [3.05, 3.63) is 58.0 Å². The third kappa shape index (κ3) is 5.23. The molecule has 0 spiro atoms. The number of ether oxygens (including phenoxy) is 1. The van der Waals surface area contributed by atoms with Crippen molar-refractivity contribution in [2.24, 2.45) is 0 Å². The fraction of sp³-hybridized carbons (Fsp3) is 0.312. The van der Waals surface area contributed by atoms with Gasteiger partial charge in [0.15, 0.2) is 6.61 Å². The lowest BCUT2D eigenvalue weighted by molar-refractivity contribution is -0.385. The molecule has 0 radical (unpaired) electrons. The molecule has 2 rings (SSSR count). The minimum atomic E-state index is -4.59. The van der Waals surface area contributed by atoms with Gasteiger partial charge < -0.3 is 14.1 Å². The number of nitrogens with zero attached hydrogens (tertiary/aromatic N) is 2. The molecule has 26 heavy (non-hydrogen) atoms. The third-order valence-electron chi connectivity index (χ3n) is 3.45. The molecule has 0 aliphatic carbocycles. The second kappa shape index (κ2) is 7.89. The van der Waals surface area contributed by atoms with Crippen molar-refractivity contribution >= 4 is 11.6 Å². The van der Waals surface area contributed by atoms with Crippen LogP contribution in [0.5, 0.6) is 5.75 Å². The molecular weight excluding hydrogens is 357 g/mol. The number of furan rings is 1. The van der Waals surface area contributed by atoms with Crippen LogP contribution in [0.2, 0.25) is 0 Å². The van der Waals surface area contributed by atoms with Crippen LogP contribution in [0, 0.1) is 17.0 Å². The Kier molecular flexibility index (Phi) is 5.86. The molecule has 1 heterocycles. The zero-order valence-electron chi connectivity index (χ0n) is 13.7. The highest BCUT2D eigenvalue weighted by Gasteiger charge is 2.33. The fourth-order valence-corrected chi connectivity index (χ4v) is 2.23. The minimum Gasteiger partial charge on any atom is -0.483 e. The van der Waals surface area contributed by atoms with E-state index in [9.17, 15) is 28.1 Å². The molecule has 1 aromatic carbocycles. The first-order valence-electron chi connectivity index (χ1n) is 7.41. The molecule has 1 amide bonds. The van der Waals surface area contributed by atoms with E-state index < -0.39 is 30.2 Å². The quantitative estimate of drug-likeness (QED) is 0.549. The van der Waals surface area contributed by atoms with E-state index in [1.54, 1.807) is 0 Å². The van der Waals surface area contributed by atoms with E-state index in [4.69, 9.17) is 9.15 Å². The molecule has 10 heteroatoms. The van der Waals surface area contributed by atoms with Gasteiger partial charge >= 0.3 is 6.18 Å². The summed E-state index contributed by atoms with van der Waals surface area (Å²) in [5.74, 6) is -0.684. The Hall–Kier alpha value is -3.04. The summed E-state index contributed by atoms with van der Waals surface area (Å²) < 4.78 is 48.4. The predicted octanol–water partition coefficient (Wildman–Crippen LogP) is 3.47. The van der Waals surface area contributed by atoms with Crippen molar-refractivity contribution in [3.8, 4) is 5.75 Å². The van der Waals surface area contributed by atoms with Crippen LogP contribution >= 0.6 is 0 Å². The highest BCUT2D eigenvalue weighted by molar-refractivity contribution is 5.78. The van der Waals surface area contributed by atoms with Gasteiger partial charge in [0, 0.05) is 6.07 Å². The number of amides is 1. The maximum atomic E-state index is 12.7. The second-order valence-corrected chi connectivity index (χ2v) is 5.39. The third-order valence-corrected chi connectivity index (χ3v) is 3.45. The zero-order valence-corrected chi connectivity index (χ0v) is 13.7. The maximum Gasteiger partial charge on any atom is 0.406 e. The van der Waals surface area contributed by atoms with Crippen molar-refractivity contribution < 1.29 is 32.0 Å². The van der Waals surface area contributed by atoms with Crippen LogP contribution < -0.4 is 4.74 Å². The molecule has 0 saturated heterocycles. The van der Waals surface area contributed by atoms with Gasteiger partial charge in [0.25, 0.3) is 11.6 Å². The van der Waals surface area contributed by atoms with Crippen molar-refractivity contribution in [1.29, 1.82) is 0 Å². The highest BCUT2D eigenvalue weighted by Crippen LogP contribution is 2.27. The lowest BCUT2D eigenvalue weighted by atomic mass is 10.2. The molecule has 2 aromatic rings. The molecule has 0 aliphatic rings. The van der Waals surface area contributed by atoms with E-state index in [0.717, 1.165) is 0 Å². The summed E-state index contributed by atoms with van der Waals surface area (Å²) in [6.07, 6.45) is -3.31. The van der Waals surface area contributed by atoms with Crippen LogP contribution in [-0.2, 0) is 11.3 Å². The molecule has 0 aliphatic heterocycles. The van der Waals surface area contributed by atoms with E-state index >= 15 is 0 Å². The van der Waals surface area contributed by atoms with E-state index in [-0.39, 0.29) is 29.3 Å². The van der Waals surface area contributed by atoms with Gasteiger partial charge in [0.1, 0.15) is 18.1 Å². The largest absolute Gasteiger partial charge is 0.483 e. The molecule has 0 saturated carbocycles. The monoisotopic (exact) mass is 372 g/mol. The van der Waals surface area contributed by atoms with Gasteiger partial charge in [-0.2, -0.15) is 13.2 Å². The number of benzene rings is 1. The van der Waals surface area contributed by atoms with Gasteiger partial charge in [-0.3, -0.25) is 14.9 Å². The normalized spacial score (nSPS) is 11.2. The van der Waals surface area contributed by atoms with Crippen LogP contribution in [-0.4, -0.2) is 35.1 Å². The highest BCUT2D eigenvalue weighted by atomic mass is 19.4. The van der Waals surface area contributed by atoms with Gasteiger partial charge in [-0.25, -0.2) is 0 Å². The van der Waals surface area contributed by atoms with Gasteiger partial charge in [-0.1, -0.05) is 6.07 Å². The summed E-state index contributed by atoms with van der Waals surface area (Å²) in [4.78, 5) is 23.0. The number of nitro benzene ring substituents is 1. The summed E-state index contributed by atoms with van der Waals surface area (Å²) in [6.45, 7) is -1.11. The Labute approximate surface area is 146 Å². The van der Waals surface area contributed by atoms with Crippen LogP contribution in [0.25, 0.3) is 0 Å². The number of alkyl halides is 3. The van der Waals surface area contributed by atoms with Crippen LogP contribution in [0.3, 0.4) is 0 Å². The summed E-state index contributed by atoms with van der Waals surface area (Å²) in [7, 11) is 0. The average molecular weight is 372 g/mol. The van der Waals surface area contributed by atoms with E-state index in [1.165, 1.54) is 43.5 Å². The molecule has 0 unspecified atom stereocenters. The Morgan fingerprint density at radius 2 is 2.04 bits per heavy atom. The van der Waals surface area contributed by atoms with E-state index in [2.05, 4.69) is 0 Å². The molecule has 0 N–H and O–H groups in total. The number of carbonyl (C=O) groups excluding carboxylic acids is 1. The number of rotatable bonds is 7. The summed E-state index contributed by atoms with van der Waals surface area (Å²) in [5, 5.41) is 10.9. The first kappa shape index (κ1) is 19.3. The summed E-state index contributed by atoms with van der Waals surface area (Å²) in [5.41, 5.74) is -0.0311. The molecule has 0 bridgehead atoms. The average Bonchev–Trinajstić information content (AvgIpc) is 3.04. The number of hydrogen-bond donors (Lipinski definition) is 0.